The van der Waals surface area contributed by atoms with E-state index in [-0.39, 0.29) is 6.04 Å². The molecule has 1 heterocycles. The lowest BCUT2D eigenvalue weighted by atomic mass is 10.0. The van der Waals surface area contributed by atoms with E-state index < -0.39 is 0 Å². The van der Waals surface area contributed by atoms with Gasteiger partial charge < -0.3 is 10.6 Å². The summed E-state index contributed by atoms with van der Waals surface area (Å²) in [7, 11) is 0. The van der Waals surface area contributed by atoms with E-state index in [4.69, 9.17) is 5.73 Å². The number of hydrogen-bond donors (Lipinski definition) is 1. The Morgan fingerprint density at radius 2 is 2.11 bits per heavy atom. The molecule has 2 N–H and O–H groups in total. The monoisotopic (exact) mass is 246 g/mol. The van der Waals surface area contributed by atoms with Crippen LogP contribution in [0.25, 0.3) is 0 Å². The first-order valence-corrected chi connectivity index (χ1v) is 7.32. The first-order chi connectivity index (χ1) is 8.79. The van der Waals surface area contributed by atoms with Gasteiger partial charge in [-0.3, -0.25) is 0 Å². The van der Waals surface area contributed by atoms with Crippen LogP contribution in [-0.2, 0) is 0 Å². The number of likely N-dealkylation sites (tertiary alicyclic amines) is 1. The summed E-state index contributed by atoms with van der Waals surface area (Å²) in [5, 5.41) is 0. The first-order valence-electron chi connectivity index (χ1n) is 7.32. The lowest BCUT2D eigenvalue weighted by Crippen LogP contribution is -2.30. The van der Waals surface area contributed by atoms with E-state index in [0.29, 0.717) is 0 Å². The average molecular weight is 246 g/mol. The Morgan fingerprint density at radius 3 is 2.83 bits per heavy atom. The average Bonchev–Trinajstić information content (AvgIpc) is 2.85. The molecule has 1 aromatic carbocycles. The van der Waals surface area contributed by atoms with Gasteiger partial charge >= 0.3 is 0 Å². The Morgan fingerprint density at radius 1 is 1.33 bits per heavy atom. The van der Waals surface area contributed by atoms with E-state index in [1.807, 2.05) is 6.07 Å². The topological polar surface area (TPSA) is 29.3 Å². The largest absolute Gasteiger partial charge is 0.323 e. The molecular formula is C16H26N2. The Bertz CT molecular complexity index is 336. The van der Waals surface area contributed by atoms with Crippen molar-refractivity contribution in [1.82, 2.24) is 4.90 Å². The molecule has 0 radical (unpaired) electrons. The molecule has 0 spiro atoms. The van der Waals surface area contributed by atoms with Crippen LogP contribution in [0.5, 0.6) is 0 Å². The quantitative estimate of drug-likeness (QED) is 0.835. The van der Waals surface area contributed by atoms with E-state index in [2.05, 4.69) is 36.1 Å². The third-order valence-corrected chi connectivity index (χ3v) is 4.02. The Balaban J connectivity index is 1.77. The molecule has 2 unspecified atom stereocenters. The first kappa shape index (κ1) is 13.6. The van der Waals surface area contributed by atoms with Crippen molar-refractivity contribution in [2.75, 3.05) is 19.6 Å². The van der Waals surface area contributed by atoms with Gasteiger partial charge in [-0.2, -0.15) is 0 Å². The molecule has 2 heteroatoms. The molecule has 18 heavy (non-hydrogen) atoms. The molecule has 2 rings (SSSR count). The fourth-order valence-electron chi connectivity index (χ4n) is 2.89. The molecule has 2 nitrogen and oxygen atoms in total. The fourth-order valence-corrected chi connectivity index (χ4v) is 2.89. The molecule has 0 amide bonds. The highest BCUT2D eigenvalue weighted by molar-refractivity contribution is 5.18. The number of hydrogen-bond acceptors (Lipinski definition) is 2. The van der Waals surface area contributed by atoms with Crippen molar-refractivity contribution in [1.29, 1.82) is 0 Å². The molecule has 0 bridgehead atoms. The van der Waals surface area contributed by atoms with Gasteiger partial charge in [0.1, 0.15) is 0 Å². The minimum absolute atomic E-state index is 0.163. The van der Waals surface area contributed by atoms with Gasteiger partial charge in [0.2, 0.25) is 0 Å². The fraction of sp³-hybridized carbons (Fsp3) is 0.625. The highest BCUT2D eigenvalue weighted by atomic mass is 15.2. The predicted molar refractivity (Wildman–Crippen MR) is 77.4 cm³/mol. The van der Waals surface area contributed by atoms with Crippen molar-refractivity contribution >= 4 is 0 Å². The maximum absolute atomic E-state index is 6.28. The molecule has 1 aliphatic heterocycles. The molecule has 1 aromatic rings. The highest BCUT2D eigenvalue weighted by Gasteiger charge is 2.23. The van der Waals surface area contributed by atoms with E-state index >= 15 is 0 Å². The normalized spacial score (nSPS) is 22.2. The molecular weight excluding hydrogens is 220 g/mol. The van der Waals surface area contributed by atoms with Gasteiger partial charge in [0, 0.05) is 19.1 Å². The molecule has 0 aliphatic carbocycles. The van der Waals surface area contributed by atoms with Crippen LogP contribution in [-0.4, -0.2) is 24.5 Å². The van der Waals surface area contributed by atoms with Gasteiger partial charge in [-0.1, -0.05) is 50.1 Å². The maximum atomic E-state index is 6.28. The summed E-state index contributed by atoms with van der Waals surface area (Å²) in [5.41, 5.74) is 7.54. The summed E-state index contributed by atoms with van der Waals surface area (Å²) < 4.78 is 0. The molecule has 1 saturated heterocycles. The van der Waals surface area contributed by atoms with Crippen LogP contribution in [0, 0.1) is 5.92 Å². The van der Waals surface area contributed by atoms with Gasteiger partial charge in [0.25, 0.3) is 0 Å². The molecule has 1 aliphatic rings. The summed E-state index contributed by atoms with van der Waals surface area (Å²) in [6.45, 7) is 5.76. The minimum atomic E-state index is 0.163. The van der Waals surface area contributed by atoms with Crippen molar-refractivity contribution in [3.8, 4) is 0 Å². The van der Waals surface area contributed by atoms with Gasteiger partial charge in [0.05, 0.1) is 0 Å². The van der Waals surface area contributed by atoms with E-state index in [1.165, 1.54) is 44.3 Å². The number of benzene rings is 1. The molecule has 0 aromatic heterocycles. The second-order valence-corrected chi connectivity index (χ2v) is 5.57. The second-order valence-electron chi connectivity index (χ2n) is 5.57. The molecule has 1 fully saturated rings. The van der Waals surface area contributed by atoms with Gasteiger partial charge in [-0.25, -0.2) is 0 Å². The number of rotatable bonds is 6. The smallest absolute Gasteiger partial charge is 0.0424 e. The Hall–Kier alpha value is -0.860. The van der Waals surface area contributed by atoms with E-state index in [1.54, 1.807) is 0 Å². The van der Waals surface area contributed by atoms with Crippen LogP contribution < -0.4 is 5.73 Å². The molecule has 0 saturated carbocycles. The SMILES string of the molecule is CCCCC1CCN(CC(N)c2ccccc2)C1. The van der Waals surface area contributed by atoms with Crippen LogP contribution in [0.1, 0.15) is 44.2 Å². The zero-order chi connectivity index (χ0) is 12.8. The summed E-state index contributed by atoms with van der Waals surface area (Å²) in [6.07, 6.45) is 5.46. The maximum Gasteiger partial charge on any atom is 0.0424 e. The van der Waals surface area contributed by atoms with Crippen molar-refractivity contribution in [3.05, 3.63) is 35.9 Å². The predicted octanol–water partition coefficient (Wildman–Crippen LogP) is 3.20. The van der Waals surface area contributed by atoms with Crippen LogP contribution in [0.2, 0.25) is 0 Å². The van der Waals surface area contributed by atoms with Crippen LogP contribution in [0.3, 0.4) is 0 Å². The van der Waals surface area contributed by atoms with Crippen molar-refractivity contribution in [3.63, 3.8) is 0 Å². The highest BCUT2D eigenvalue weighted by Crippen LogP contribution is 2.23. The van der Waals surface area contributed by atoms with E-state index in [0.717, 1.165) is 12.5 Å². The lowest BCUT2D eigenvalue weighted by Gasteiger charge is -2.21. The number of nitrogens with zero attached hydrogens (tertiary/aromatic N) is 1. The summed E-state index contributed by atoms with van der Waals surface area (Å²) in [5.74, 6) is 0.910. The minimum Gasteiger partial charge on any atom is -0.323 e. The number of nitrogens with two attached hydrogens (primary N) is 1. The molecule has 2 atom stereocenters. The summed E-state index contributed by atoms with van der Waals surface area (Å²) >= 11 is 0. The van der Waals surface area contributed by atoms with E-state index in [9.17, 15) is 0 Å². The molecule has 100 valence electrons. The zero-order valence-corrected chi connectivity index (χ0v) is 11.5. The summed E-state index contributed by atoms with van der Waals surface area (Å²) in [4.78, 5) is 2.54. The van der Waals surface area contributed by atoms with Gasteiger partial charge in [-0.15, -0.1) is 0 Å². The zero-order valence-electron chi connectivity index (χ0n) is 11.5. The van der Waals surface area contributed by atoms with Gasteiger partial charge in [0.15, 0.2) is 0 Å². The summed E-state index contributed by atoms with van der Waals surface area (Å²) in [6, 6.07) is 10.6. The van der Waals surface area contributed by atoms with Crippen LogP contribution in [0.15, 0.2) is 30.3 Å². The van der Waals surface area contributed by atoms with Crippen molar-refractivity contribution < 1.29 is 0 Å². The lowest BCUT2D eigenvalue weighted by molar-refractivity contribution is 0.299. The third kappa shape index (κ3) is 3.82. The van der Waals surface area contributed by atoms with Crippen molar-refractivity contribution in [2.45, 2.75) is 38.6 Å². The number of unbranched alkanes of at least 4 members (excludes halogenated alkanes) is 1. The van der Waals surface area contributed by atoms with Crippen LogP contribution >= 0.6 is 0 Å². The van der Waals surface area contributed by atoms with Gasteiger partial charge in [-0.05, 0) is 30.9 Å². The standard InChI is InChI=1S/C16H26N2/c1-2-3-7-14-10-11-18(12-14)13-16(17)15-8-5-4-6-9-15/h4-6,8-9,14,16H,2-3,7,10-13,17H2,1H3. The Kier molecular flexibility index (Phi) is 5.21. The Labute approximate surface area is 111 Å². The van der Waals surface area contributed by atoms with Crippen LogP contribution in [0.4, 0.5) is 0 Å². The third-order valence-electron chi connectivity index (χ3n) is 4.02. The second kappa shape index (κ2) is 6.91. The van der Waals surface area contributed by atoms with Crippen molar-refractivity contribution in [2.24, 2.45) is 11.7 Å².